The third-order valence-corrected chi connectivity index (χ3v) is 8.22. The zero-order chi connectivity index (χ0) is 26.6. The van der Waals surface area contributed by atoms with E-state index in [1.807, 2.05) is 54.6 Å². The molecule has 4 amide bonds. The predicted octanol–water partition coefficient (Wildman–Crippen LogP) is 4.71. The first-order valence-corrected chi connectivity index (χ1v) is 13.8. The second-order valence-electron chi connectivity index (χ2n) is 8.76. The van der Waals surface area contributed by atoms with E-state index in [2.05, 4.69) is 10.3 Å². The van der Waals surface area contributed by atoms with Gasteiger partial charge in [0.1, 0.15) is 6.04 Å². The Kier molecular flexibility index (Phi) is 7.52. The molecule has 38 heavy (non-hydrogen) atoms. The molecule has 0 spiro atoms. The summed E-state index contributed by atoms with van der Waals surface area (Å²) in [5.74, 6) is -1.19. The van der Waals surface area contributed by atoms with Gasteiger partial charge in [0.2, 0.25) is 17.7 Å². The van der Waals surface area contributed by atoms with Crippen LogP contribution in [-0.2, 0) is 25.7 Å². The lowest BCUT2D eigenvalue weighted by molar-refractivity contribution is -0.136. The highest BCUT2D eigenvalue weighted by molar-refractivity contribution is 8.01. The van der Waals surface area contributed by atoms with E-state index in [4.69, 9.17) is 0 Å². The van der Waals surface area contributed by atoms with Crippen LogP contribution in [0, 0.1) is 0 Å². The zero-order valence-corrected chi connectivity index (χ0v) is 22.1. The molecule has 1 aliphatic heterocycles. The molecule has 1 aromatic heterocycles. The molecule has 1 aliphatic rings. The Morgan fingerprint density at radius 1 is 1.03 bits per heavy atom. The average molecular weight is 545 g/mol. The number of hydrogen-bond acceptors (Lipinski definition) is 7. The first-order chi connectivity index (χ1) is 18.4. The van der Waals surface area contributed by atoms with Gasteiger partial charge in [-0.05, 0) is 42.0 Å². The standard InChI is InChI=1S/C28H24N4O4S2/c1-18(33)29-20-11-13-21(14-12-20)32-25(34)15-23(27(32)36)31(16-19-7-3-2-4-8-19)26(35)17-37-28-30-22-9-5-6-10-24(22)38-28/h2-14,23H,15-17H2,1H3,(H,29,33). The molecular weight excluding hydrogens is 520 g/mol. The highest BCUT2D eigenvalue weighted by Crippen LogP contribution is 2.31. The van der Waals surface area contributed by atoms with Crippen LogP contribution in [0.25, 0.3) is 10.2 Å². The van der Waals surface area contributed by atoms with Crippen LogP contribution in [0.15, 0.2) is 83.2 Å². The van der Waals surface area contributed by atoms with Gasteiger partial charge in [0.15, 0.2) is 4.34 Å². The van der Waals surface area contributed by atoms with Crippen molar-refractivity contribution in [3.8, 4) is 0 Å². The van der Waals surface area contributed by atoms with Crippen LogP contribution in [0.2, 0.25) is 0 Å². The fraction of sp³-hybridized carbons (Fsp3) is 0.179. The highest BCUT2D eigenvalue weighted by atomic mass is 32.2. The van der Waals surface area contributed by atoms with E-state index in [0.29, 0.717) is 11.4 Å². The number of thioether (sulfide) groups is 1. The van der Waals surface area contributed by atoms with E-state index in [0.717, 1.165) is 25.0 Å². The van der Waals surface area contributed by atoms with Crippen LogP contribution < -0.4 is 10.2 Å². The molecular formula is C28H24N4O4S2. The van der Waals surface area contributed by atoms with Crippen LogP contribution in [0.4, 0.5) is 11.4 Å². The number of thiazole rings is 1. The molecule has 3 aromatic carbocycles. The van der Waals surface area contributed by atoms with E-state index < -0.39 is 11.9 Å². The second kappa shape index (κ2) is 11.2. The molecule has 4 aromatic rings. The van der Waals surface area contributed by atoms with Crippen LogP contribution in [-0.4, -0.2) is 45.3 Å². The van der Waals surface area contributed by atoms with Gasteiger partial charge in [0, 0.05) is 19.2 Å². The van der Waals surface area contributed by atoms with Crippen molar-refractivity contribution in [2.45, 2.75) is 30.3 Å². The van der Waals surface area contributed by atoms with Gasteiger partial charge < -0.3 is 10.2 Å². The highest BCUT2D eigenvalue weighted by Gasteiger charge is 2.44. The van der Waals surface area contributed by atoms with Crippen LogP contribution in [0.5, 0.6) is 0 Å². The number of amides is 4. The van der Waals surface area contributed by atoms with Gasteiger partial charge in [-0.2, -0.15) is 0 Å². The summed E-state index contributed by atoms with van der Waals surface area (Å²) in [7, 11) is 0. The van der Waals surface area contributed by atoms with Crippen molar-refractivity contribution >= 4 is 68.3 Å². The molecule has 1 N–H and O–H groups in total. The number of carbonyl (C=O) groups is 4. The fourth-order valence-corrected chi connectivity index (χ4v) is 6.25. The zero-order valence-electron chi connectivity index (χ0n) is 20.5. The Morgan fingerprint density at radius 2 is 1.74 bits per heavy atom. The number of anilines is 2. The first-order valence-electron chi connectivity index (χ1n) is 12.0. The molecule has 2 heterocycles. The first kappa shape index (κ1) is 25.6. The van der Waals surface area contributed by atoms with Crippen molar-refractivity contribution in [2.75, 3.05) is 16.0 Å². The number of nitrogens with zero attached hydrogens (tertiary/aromatic N) is 3. The Morgan fingerprint density at radius 3 is 2.45 bits per heavy atom. The molecule has 1 saturated heterocycles. The van der Waals surface area contributed by atoms with E-state index >= 15 is 0 Å². The number of rotatable bonds is 8. The molecule has 0 bridgehead atoms. The van der Waals surface area contributed by atoms with Crippen molar-refractivity contribution in [3.63, 3.8) is 0 Å². The minimum atomic E-state index is -0.916. The summed E-state index contributed by atoms with van der Waals surface area (Å²) in [5.41, 5.74) is 2.70. The number of para-hydroxylation sites is 1. The van der Waals surface area contributed by atoms with E-state index in [-0.39, 0.29) is 36.4 Å². The van der Waals surface area contributed by atoms with Gasteiger partial charge in [-0.1, -0.05) is 54.2 Å². The lowest BCUT2D eigenvalue weighted by atomic mass is 10.1. The number of fused-ring (bicyclic) bond motifs is 1. The Labute approximate surface area is 227 Å². The third kappa shape index (κ3) is 5.61. The van der Waals surface area contributed by atoms with Crippen molar-refractivity contribution in [2.24, 2.45) is 0 Å². The van der Waals surface area contributed by atoms with Crippen LogP contribution in [0.1, 0.15) is 18.9 Å². The third-order valence-electron chi connectivity index (χ3n) is 6.05. The smallest absolute Gasteiger partial charge is 0.257 e. The second-order valence-corrected chi connectivity index (χ2v) is 11.0. The molecule has 10 heteroatoms. The normalized spacial score (nSPS) is 15.2. The molecule has 1 fully saturated rings. The van der Waals surface area contributed by atoms with E-state index in [1.165, 1.54) is 34.9 Å². The van der Waals surface area contributed by atoms with Gasteiger partial charge >= 0.3 is 0 Å². The van der Waals surface area contributed by atoms with Gasteiger partial charge in [0.05, 0.1) is 28.1 Å². The maximum absolute atomic E-state index is 13.5. The number of carbonyl (C=O) groups excluding carboxylic acids is 4. The number of hydrogen-bond donors (Lipinski definition) is 1. The van der Waals surface area contributed by atoms with Crippen molar-refractivity contribution in [1.29, 1.82) is 0 Å². The minimum absolute atomic E-state index is 0.0933. The van der Waals surface area contributed by atoms with E-state index in [9.17, 15) is 19.2 Å². The largest absolute Gasteiger partial charge is 0.326 e. The van der Waals surface area contributed by atoms with E-state index in [1.54, 1.807) is 24.3 Å². The predicted molar refractivity (Wildman–Crippen MR) is 149 cm³/mol. The molecule has 1 atom stereocenters. The molecule has 0 aliphatic carbocycles. The minimum Gasteiger partial charge on any atom is -0.326 e. The van der Waals surface area contributed by atoms with Crippen LogP contribution in [0.3, 0.4) is 0 Å². The topological polar surface area (TPSA) is 99.7 Å². The molecule has 0 radical (unpaired) electrons. The molecule has 0 saturated carbocycles. The van der Waals surface area contributed by atoms with Crippen molar-refractivity contribution in [1.82, 2.24) is 9.88 Å². The van der Waals surface area contributed by atoms with Crippen molar-refractivity contribution in [3.05, 3.63) is 84.4 Å². The summed E-state index contributed by atoms with van der Waals surface area (Å²) in [5, 5.41) is 2.66. The average Bonchev–Trinajstić information content (AvgIpc) is 3.46. The lowest BCUT2D eigenvalue weighted by Crippen LogP contribution is -2.45. The van der Waals surface area contributed by atoms with Crippen LogP contribution >= 0.6 is 23.1 Å². The quantitative estimate of drug-likeness (QED) is 0.255. The summed E-state index contributed by atoms with van der Waals surface area (Å²) in [6, 6.07) is 22.8. The molecule has 192 valence electrons. The summed E-state index contributed by atoms with van der Waals surface area (Å²) >= 11 is 2.85. The van der Waals surface area contributed by atoms with Crippen molar-refractivity contribution < 1.29 is 19.2 Å². The van der Waals surface area contributed by atoms with Gasteiger partial charge in [-0.3, -0.25) is 19.2 Å². The molecule has 5 rings (SSSR count). The number of nitrogens with one attached hydrogen (secondary N) is 1. The van der Waals surface area contributed by atoms with Gasteiger partial charge in [0.25, 0.3) is 5.91 Å². The summed E-state index contributed by atoms with van der Waals surface area (Å²) in [6.45, 7) is 1.61. The number of aromatic nitrogens is 1. The number of benzene rings is 3. The maximum Gasteiger partial charge on any atom is 0.257 e. The summed E-state index contributed by atoms with van der Waals surface area (Å²) in [6.07, 6.45) is -0.101. The monoisotopic (exact) mass is 544 g/mol. The lowest BCUT2D eigenvalue weighted by Gasteiger charge is -2.27. The molecule has 1 unspecified atom stereocenters. The van der Waals surface area contributed by atoms with Gasteiger partial charge in [-0.15, -0.1) is 11.3 Å². The Bertz CT molecular complexity index is 1470. The Hall–Kier alpha value is -4.02. The maximum atomic E-state index is 13.5. The molecule has 8 nitrogen and oxygen atoms in total. The SMILES string of the molecule is CC(=O)Nc1ccc(N2C(=O)CC(N(Cc3ccccc3)C(=O)CSc3nc4ccccc4s3)C2=O)cc1. The van der Waals surface area contributed by atoms with Gasteiger partial charge in [-0.25, -0.2) is 9.88 Å². The Balaban J connectivity index is 1.36. The summed E-state index contributed by atoms with van der Waals surface area (Å²) < 4.78 is 1.81. The number of imide groups is 1. The fourth-order valence-electron chi connectivity index (χ4n) is 4.30. The summed E-state index contributed by atoms with van der Waals surface area (Å²) in [4.78, 5) is 58.6.